The molecule has 2 aromatic rings. The third-order valence-electron chi connectivity index (χ3n) is 9.82. The van der Waals surface area contributed by atoms with E-state index in [-0.39, 0.29) is 11.3 Å². The molecule has 42 heavy (non-hydrogen) atoms. The highest BCUT2D eigenvalue weighted by molar-refractivity contribution is 5.82. The number of quaternary nitrogens is 1. The van der Waals surface area contributed by atoms with Crippen molar-refractivity contribution in [3.63, 3.8) is 0 Å². The Morgan fingerprint density at radius 3 is 2.48 bits per heavy atom. The zero-order valence-corrected chi connectivity index (χ0v) is 24.1. The fraction of sp³-hybridized carbons (Fsp3) is 0.594. The number of benzene rings is 1. The molecule has 4 aliphatic rings. The first-order valence-electron chi connectivity index (χ1n) is 15.2. The van der Waals surface area contributed by atoms with Crippen LogP contribution in [0.1, 0.15) is 73.4 Å². The van der Waals surface area contributed by atoms with Crippen LogP contribution in [0.5, 0.6) is 0 Å². The molecule has 1 saturated carbocycles. The lowest BCUT2D eigenvalue weighted by molar-refractivity contribution is -0.640. The number of halogens is 3. The highest BCUT2D eigenvalue weighted by Crippen LogP contribution is 2.43. The topological polar surface area (TPSA) is 100 Å². The van der Waals surface area contributed by atoms with Gasteiger partial charge in [-0.2, -0.15) is 13.2 Å². The van der Waals surface area contributed by atoms with Crippen LogP contribution < -0.4 is 15.4 Å². The first-order valence-corrected chi connectivity index (χ1v) is 15.2. The lowest BCUT2D eigenvalue weighted by atomic mass is 9.69. The standard InChI is InChI=1S/C30H39N3O2.C2HF3O2/c1-21-12-13-25-27(32-21)18-35-20-30(25)19-31-17-26(30)29(34)33-15-14-24(22-8-4-2-5-9-22)16-28(33)23-10-6-3-7-11-23;3-2(4,5)1(6)7/h2,4-5,8-9,12-13,23-24,26,28,31H,3,6-7,10-11,14-20H2,1H3;(H,6,7)/p+1/t24-,26?,28+,30-;/m1./s1. The molecule has 1 aromatic heterocycles. The number of pyridine rings is 1. The summed E-state index contributed by atoms with van der Waals surface area (Å²) in [7, 11) is 0. The van der Waals surface area contributed by atoms with Gasteiger partial charge in [0.1, 0.15) is 18.5 Å². The van der Waals surface area contributed by atoms with Crippen LogP contribution in [0.4, 0.5) is 13.2 Å². The number of ether oxygens (including phenoxy) is 1. The van der Waals surface area contributed by atoms with Crippen LogP contribution in [0.25, 0.3) is 0 Å². The normalized spacial score (nSPS) is 28.1. The number of amides is 1. The number of nitrogens with zero attached hydrogens (tertiary/aromatic N) is 1. The number of carbonyl (C=O) groups excluding carboxylic acids is 2. The minimum Gasteiger partial charge on any atom is -0.542 e. The van der Waals surface area contributed by atoms with Crippen molar-refractivity contribution >= 4 is 11.9 Å². The summed E-state index contributed by atoms with van der Waals surface area (Å²) in [5, 5.41) is 11.1. The molecule has 1 amide bonds. The number of alkyl halides is 3. The molecule has 0 radical (unpaired) electrons. The lowest BCUT2D eigenvalue weighted by Gasteiger charge is -2.47. The number of rotatable bonds is 3. The summed E-state index contributed by atoms with van der Waals surface area (Å²) in [5.74, 6) is -1.43. The molecule has 7 nitrogen and oxygen atoms in total. The number of carboxylic acids is 1. The molecule has 3 aliphatic heterocycles. The second-order valence-electron chi connectivity index (χ2n) is 12.4. The summed E-state index contributed by atoms with van der Waals surface area (Å²) in [6, 6.07) is 15.8. The lowest BCUT2D eigenvalue weighted by Crippen LogP contribution is -2.82. The zero-order chi connectivity index (χ0) is 29.9. The third-order valence-corrected chi connectivity index (χ3v) is 9.82. The maximum Gasteiger partial charge on any atom is 0.430 e. The van der Waals surface area contributed by atoms with Crippen molar-refractivity contribution in [2.24, 2.45) is 11.8 Å². The molecule has 1 spiro atoms. The highest BCUT2D eigenvalue weighted by atomic mass is 19.4. The van der Waals surface area contributed by atoms with Gasteiger partial charge in [-0.05, 0) is 49.1 Å². The summed E-state index contributed by atoms with van der Waals surface area (Å²) in [6.07, 6.45) is 3.53. The molecule has 3 fully saturated rings. The fourth-order valence-electron chi connectivity index (χ4n) is 7.78. The maximum absolute atomic E-state index is 14.5. The van der Waals surface area contributed by atoms with Gasteiger partial charge < -0.3 is 24.9 Å². The van der Waals surface area contributed by atoms with Crippen molar-refractivity contribution < 1.29 is 42.9 Å². The van der Waals surface area contributed by atoms with Gasteiger partial charge in [-0.3, -0.25) is 4.79 Å². The van der Waals surface area contributed by atoms with Crippen LogP contribution in [0, 0.1) is 18.8 Å². The molecule has 10 heteroatoms. The minimum absolute atomic E-state index is 0.0166. The number of nitrogens with two attached hydrogens (primary N) is 1. The van der Waals surface area contributed by atoms with Crippen LogP contribution in [0.3, 0.4) is 0 Å². The number of aliphatic carboxylic acids is 1. The van der Waals surface area contributed by atoms with E-state index < -0.39 is 12.1 Å². The van der Waals surface area contributed by atoms with Gasteiger partial charge in [0.25, 0.3) is 0 Å². The molecule has 1 aromatic carbocycles. The number of hydrogen-bond donors (Lipinski definition) is 1. The predicted octanol–water partition coefficient (Wildman–Crippen LogP) is 2.42. The molecule has 4 heterocycles. The number of aromatic nitrogens is 1. The number of carboxylic acid groups (broad SMARTS) is 1. The predicted molar refractivity (Wildman–Crippen MR) is 146 cm³/mol. The molecule has 6 rings (SSSR count). The highest BCUT2D eigenvalue weighted by Gasteiger charge is 2.57. The van der Waals surface area contributed by atoms with Gasteiger partial charge in [0.2, 0.25) is 11.6 Å². The number of hydrogen-bond acceptors (Lipinski definition) is 4. The largest absolute Gasteiger partial charge is 0.542 e. The van der Waals surface area contributed by atoms with Crippen LogP contribution in [0.2, 0.25) is 0 Å². The Morgan fingerprint density at radius 1 is 1.07 bits per heavy atom. The minimum atomic E-state index is -5.19. The number of H-pyrrole nitrogens is 1. The van der Waals surface area contributed by atoms with Crippen LogP contribution in [-0.2, 0) is 26.3 Å². The molecule has 228 valence electrons. The number of piperidine rings is 1. The number of carbonyl (C=O) groups is 2. The van der Waals surface area contributed by atoms with E-state index in [0.717, 1.165) is 43.9 Å². The van der Waals surface area contributed by atoms with Gasteiger partial charge in [-0.15, -0.1) is 0 Å². The Kier molecular flexibility index (Phi) is 9.23. The Morgan fingerprint density at radius 2 is 1.79 bits per heavy atom. The maximum atomic E-state index is 14.5. The van der Waals surface area contributed by atoms with Crippen molar-refractivity contribution in [2.45, 2.75) is 82.0 Å². The Balaban J connectivity index is 0.000000451. The Bertz CT molecular complexity index is 1250. The van der Waals surface area contributed by atoms with E-state index in [2.05, 4.69) is 64.6 Å². The van der Waals surface area contributed by atoms with Crippen molar-refractivity contribution in [3.8, 4) is 0 Å². The van der Waals surface area contributed by atoms with Gasteiger partial charge in [0, 0.05) is 31.1 Å². The van der Waals surface area contributed by atoms with Crippen molar-refractivity contribution in [1.82, 2.24) is 4.90 Å². The number of nitrogens with one attached hydrogen (secondary N) is 1. The molecule has 3 N–H and O–H groups in total. The SMILES string of the molecule is Cc1ccc2c([nH+]1)COC[C@]21C[NH2+]CC1C(=O)N1CC[C@@H](c2ccccc2)C[C@H]1C1CCCCC1.O=C([O-])C(F)(F)F. The van der Waals surface area contributed by atoms with Gasteiger partial charge in [0.05, 0.1) is 25.1 Å². The average Bonchev–Trinajstić information content (AvgIpc) is 3.41. The molecule has 4 atom stereocenters. The number of fused-ring (bicyclic) bond motifs is 2. The number of aromatic amines is 1. The molecular formula is C32H41F3N3O4+. The molecule has 1 aliphatic carbocycles. The second kappa shape index (κ2) is 12.7. The molecular weight excluding hydrogens is 547 g/mol. The summed E-state index contributed by atoms with van der Waals surface area (Å²) in [5.41, 5.74) is 4.86. The summed E-state index contributed by atoms with van der Waals surface area (Å²) in [4.78, 5) is 29.2. The average molecular weight is 589 g/mol. The quantitative estimate of drug-likeness (QED) is 0.596. The van der Waals surface area contributed by atoms with E-state index in [1.807, 2.05) is 0 Å². The third kappa shape index (κ3) is 6.34. The molecule has 2 saturated heterocycles. The van der Waals surface area contributed by atoms with E-state index in [4.69, 9.17) is 14.6 Å². The Labute approximate surface area is 244 Å². The van der Waals surface area contributed by atoms with E-state index in [0.29, 0.717) is 37.0 Å². The molecule has 0 bridgehead atoms. The zero-order valence-electron chi connectivity index (χ0n) is 24.1. The van der Waals surface area contributed by atoms with E-state index in [1.54, 1.807) is 0 Å². The Hall–Kier alpha value is -2.98. The smallest absolute Gasteiger partial charge is 0.430 e. The van der Waals surface area contributed by atoms with Gasteiger partial charge >= 0.3 is 6.18 Å². The number of likely N-dealkylation sites (tertiary alicyclic amines) is 1. The van der Waals surface area contributed by atoms with E-state index in [1.165, 1.54) is 43.2 Å². The van der Waals surface area contributed by atoms with Gasteiger partial charge in [-0.1, -0.05) is 49.6 Å². The van der Waals surface area contributed by atoms with Crippen LogP contribution in [-0.4, -0.2) is 55.2 Å². The first kappa shape index (κ1) is 30.5. The number of aryl methyl sites for hydroxylation is 1. The fourth-order valence-corrected chi connectivity index (χ4v) is 7.78. The van der Waals surface area contributed by atoms with Gasteiger partial charge in [-0.25, -0.2) is 4.98 Å². The van der Waals surface area contributed by atoms with E-state index >= 15 is 0 Å². The summed E-state index contributed by atoms with van der Waals surface area (Å²) < 4.78 is 37.7. The monoisotopic (exact) mass is 588 g/mol. The molecule has 1 unspecified atom stereocenters. The van der Waals surface area contributed by atoms with Crippen molar-refractivity contribution in [2.75, 3.05) is 26.2 Å². The van der Waals surface area contributed by atoms with Crippen LogP contribution >= 0.6 is 0 Å². The van der Waals surface area contributed by atoms with Crippen molar-refractivity contribution in [3.05, 3.63) is 65.0 Å². The first-order chi connectivity index (χ1) is 20.1. The van der Waals surface area contributed by atoms with E-state index in [9.17, 15) is 18.0 Å². The second-order valence-corrected chi connectivity index (χ2v) is 12.4. The summed E-state index contributed by atoms with van der Waals surface area (Å²) >= 11 is 0. The van der Waals surface area contributed by atoms with Crippen LogP contribution in [0.15, 0.2) is 42.5 Å². The van der Waals surface area contributed by atoms with Gasteiger partial charge in [0.15, 0.2) is 5.69 Å². The van der Waals surface area contributed by atoms with Crippen molar-refractivity contribution in [1.29, 1.82) is 0 Å². The summed E-state index contributed by atoms with van der Waals surface area (Å²) in [6.45, 7) is 6.05.